The highest BCUT2D eigenvalue weighted by Gasteiger charge is 2.44. The molecule has 2 N–H and O–H groups in total. The van der Waals surface area contributed by atoms with E-state index in [1.807, 2.05) is 30.3 Å². The van der Waals surface area contributed by atoms with Crippen molar-refractivity contribution in [2.45, 2.75) is 25.7 Å². The molecule has 1 aliphatic carbocycles. The zero-order valence-corrected chi connectivity index (χ0v) is 13.3. The molecular weight excluding hydrogens is 284 g/mol. The zero-order valence-electron chi connectivity index (χ0n) is 13.3. The second-order valence-electron chi connectivity index (χ2n) is 6.92. The third-order valence-electron chi connectivity index (χ3n) is 5.48. The lowest BCUT2D eigenvalue weighted by Crippen LogP contribution is -2.36. The molecule has 1 aliphatic heterocycles. The van der Waals surface area contributed by atoms with Gasteiger partial charge in [-0.3, -0.25) is 4.79 Å². The average molecular weight is 306 g/mol. The second kappa shape index (κ2) is 5.41. The molecule has 3 nitrogen and oxygen atoms in total. The van der Waals surface area contributed by atoms with Crippen LogP contribution in [0.3, 0.4) is 0 Å². The minimum atomic E-state index is -0.343. The Hall–Kier alpha value is -2.29. The lowest BCUT2D eigenvalue weighted by Gasteiger charge is -2.36. The van der Waals surface area contributed by atoms with E-state index in [9.17, 15) is 4.79 Å². The minimum absolute atomic E-state index is 0.343. The molecule has 2 aliphatic rings. The Labute approximate surface area is 137 Å². The smallest absolute Gasteiger partial charge is 0.250 e. The fourth-order valence-corrected chi connectivity index (χ4v) is 3.82. The molecular formula is C20H22N2O. The Bertz CT molecular complexity index is 725. The van der Waals surface area contributed by atoms with E-state index in [4.69, 9.17) is 5.73 Å². The topological polar surface area (TPSA) is 46.3 Å². The van der Waals surface area contributed by atoms with E-state index in [0.717, 1.165) is 29.9 Å². The number of carbonyl (C=O) groups is 1. The largest absolute Gasteiger partial charge is 0.370 e. The third-order valence-corrected chi connectivity index (χ3v) is 5.48. The molecule has 1 amide bonds. The molecule has 2 aromatic rings. The number of rotatable bonds is 3. The lowest BCUT2D eigenvalue weighted by molar-refractivity contribution is 0.100. The Morgan fingerprint density at radius 2 is 1.61 bits per heavy atom. The van der Waals surface area contributed by atoms with Crippen LogP contribution in [0, 0.1) is 5.41 Å². The maximum atomic E-state index is 12.0. The van der Waals surface area contributed by atoms with Gasteiger partial charge in [0.05, 0.1) is 11.3 Å². The summed E-state index contributed by atoms with van der Waals surface area (Å²) in [6.07, 6.45) is 5.22. The molecule has 2 fully saturated rings. The van der Waals surface area contributed by atoms with Crippen LogP contribution < -0.4 is 10.6 Å². The van der Waals surface area contributed by atoms with Crippen LogP contribution in [0.4, 0.5) is 5.69 Å². The molecule has 118 valence electrons. The van der Waals surface area contributed by atoms with Crippen molar-refractivity contribution in [2.75, 3.05) is 18.0 Å². The van der Waals surface area contributed by atoms with Crippen molar-refractivity contribution in [3.05, 3.63) is 54.1 Å². The maximum Gasteiger partial charge on any atom is 0.250 e. The lowest BCUT2D eigenvalue weighted by atomic mass is 9.91. The SMILES string of the molecule is NC(=O)c1cccc(-c2ccccc2)c1N1CCC2(CC1)CC2. The normalized spacial score (nSPS) is 18.9. The van der Waals surface area contributed by atoms with Gasteiger partial charge >= 0.3 is 0 Å². The number of nitrogens with zero attached hydrogens (tertiary/aromatic N) is 1. The molecule has 1 heterocycles. The van der Waals surface area contributed by atoms with Crippen molar-refractivity contribution in [3.8, 4) is 11.1 Å². The standard InChI is InChI=1S/C20H22N2O/c21-19(23)17-8-4-7-16(15-5-2-1-3-6-15)18(17)22-13-11-20(9-10-20)12-14-22/h1-8H,9-14H2,(H2,21,23). The van der Waals surface area contributed by atoms with Crippen LogP contribution in [0.15, 0.2) is 48.5 Å². The molecule has 1 saturated heterocycles. The summed E-state index contributed by atoms with van der Waals surface area (Å²) < 4.78 is 0. The van der Waals surface area contributed by atoms with Crippen LogP contribution in [0.25, 0.3) is 11.1 Å². The molecule has 1 saturated carbocycles. The summed E-state index contributed by atoms with van der Waals surface area (Å²) in [5.41, 5.74) is 10.2. The van der Waals surface area contributed by atoms with Gasteiger partial charge in [-0.1, -0.05) is 42.5 Å². The molecule has 0 unspecified atom stereocenters. The summed E-state index contributed by atoms with van der Waals surface area (Å²) in [4.78, 5) is 14.4. The second-order valence-corrected chi connectivity index (χ2v) is 6.92. The number of hydrogen-bond donors (Lipinski definition) is 1. The van der Waals surface area contributed by atoms with Gasteiger partial charge in [-0.15, -0.1) is 0 Å². The first kappa shape index (κ1) is 14.3. The minimum Gasteiger partial charge on any atom is -0.370 e. The fraction of sp³-hybridized carbons (Fsp3) is 0.350. The molecule has 0 radical (unpaired) electrons. The number of primary amides is 1. The number of hydrogen-bond acceptors (Lipinski definition) is 2. The number of anilines is 1. The van der Waals surface area contributed by atoms with E-state index in [0.29, 0.717) is 11.0 Å². The molecule has 0 aromatic heterocycles. The Balaban J connectivity index is 1.77. The third kappa shape index (κ3) is 2.61. The monoisotopic (exact) mass is 306 g/mol. The molecule has 2 aromatic carbocycles. The molecule has 0 bridgehead atoms. The van der Waals surface area contributed by atoms with Gasteiger partial charge < -0.3 is 10.6 Å². The van der Waals surface area contributed by atoms with Crippen molar-refractivity contribution in [3.63, 3.8) is 0 Å². The van der Waals surface area contributed by atoms with Gasteiger partial charge in [-0.05, 0) is 42.7 Å². The molecule has 3 heteroatoms. The average Bonchev–Trinajstić information content (AvgIpc) is 3.35. The zero-order chi connectivity index (χ0) is 15.9. The summed E-state index contributed by atoms with van der Waals surface area (Å²) >= 11 is 0. The van der Waals surface area contributed by atoms with Gasteiger partial charge in [0.1, 0.15) is 0 Å². The number of para-hydroxylation sites is 1. The number of carbonyl (C=O) groups excluding carboxylic acids is 1. The summed E-state index contributed by atoms with van der Waals surface area (Å²) in [5, 5.41) is 0. The highest BCUT2D eigenvalue weighted by molar-refractivity contribution is 6.02. The number of amides is 1. The molecule has 1 spiro atoms. The summed E-state index contributed by atoms with van der Waals surface area (Å²) in [5.74, 6) is -0.343. The van der Waals surface area contributed by atoms with E-state index in [2.05, 4.69) is 23.1 Å². The highest BCUT2D eigenvalue weighted by Crippen LogP contribution is 2.54. The molecule has 4 rings (SSSR count). The van der Waals surface area contributed by atoms with Crippen molar-refractivity contribution >= 4 is 11.6 Å². The van der Waals surface area contributed by atoms with Crippen molar-refractivity contribution in [1.29, 1.82) is 0 Å². The number of piperidine rings is 1. The predicted molar refractivity (Wildman–Crippen MR) is 93.5 cm³/mol. The van der Waals surface area contributed by atoms with Gasteiger partial charge in [0.2, 0.25) is 0 Å². The number of benzene rings is 2. The van der Waals surface area contributed by atoms with Gasteiger partial charge in [0.15, 0.2) is 0 Å². The van der Waals surface area contributed by atoms with Crippen LogP contribution in [-0.4, -0.2) is 19.0 Å². The van der Waals surface area contributed by atoms with Crippen LogP contribution in [0.5, 0.6) is 0 Å². The maximum absolute atomic E-state index is 12.0. The fourth-order valence-electron chi connectivity index (χ4n) is 3.82. The predicted octanol–water partition coefficient (Wildman–Crippen LogP) is 3.83. The number of nitrogens with two attached hydrogens (primary N) is 1. The van der Waals surface area contributed by atoms with Gasteiger partial charge in [-0.2, -0.15) is 0 Å². The Morgan fingerprint density at radius 3 is 2.22 bits per heavy atom. The first-order valence-electron chi connectivity index (χ1n) is 8.42. The van der Waals surface area contributed by atoms with Gasteiger partial charge in [0.25, 0.3) is 5.91 Å². The van der Waals surface area contributed by atoms with Crippen molar-refractivity contribution in [2.24, 2.45) is 11.1 Å². The van der Waals surface area contributed by atoms with Crippen molar-refractivity contribution in [1.82, 2.24) is 0 Å². The first-order valence-corrected chi connectivity index (χ1v) is 8.42. The molecule has 23 heavy (non-hydrogen) atoms. The Morgan fingerprint density at radius 1 is 0.913 bits per heavy atom. The first-order chi connectivity index (χ1) is 11.2. The van der Waals surface area contributed by atoms with Crippen LogP contribution >= 0.6 is 0 Å². The van der Waals surface area contributed by atoms with E-state index in [1.54, 1.807) is 0 Å². The van der Waals surface area contributed by atoms with Crippen LogP contribution in [0.1, 0.15) is 36.0 Å². The van der Waals surface area contributed by atoms with E-state index < -0.39 is 0 Å². The van der Waals surface area contributed by atoms with E-state index in [-0.39, 0.29) is 5.91 Å². The van der Waals surface area contributed by atoms with E-state index in [1.165, 1.54) is 25.7 Å². The van der Waals surface area contributed by atoms with Crippen LogP contribution in [-0.2, 0) is 0 Å². The van der Waals surface area contributed by atoms with Gasteiger partial charge in [-0.25, -0.2) is 0 Å². The summed E-state index contributed by atoms with van der Waals surface area (Å²) in [6.45, 7) is 2.04. The van der Waals surface area contributed by atoms with Crippen molar-refractivity contribution < 1.29 is 4.79 Å². The quantitative estimate of drug-likeness (QED) is 0.936. The van der Waals surface area contributed by atoms with Crippen LogP contribution in [0.2, 0.25) is 0 Å². The van der Waals surface area contributed by atoms with E-state index >= 15 is 0 Å². The summed E-state index contributed by atoms with van der Waals surface area (Å²) in [6, 6.07) is 16.1. The Kier molecular flexibility index (Phi) is 3.37. The molecule has 0 atom stereocenters. The highest BCUT2D eigenvalue weighted by atomic mass is 16.1. The summed E-state index contributed by atoms with van der Waals surface area (Å²) in [7, 11) is 0. The van der Waals surface area contributed by atoms with Gasteiger partial charge in [0, 0.05) is 18.7 Å².